The summed E-state index contributed by atoms with van der Waals surface area (Å²) in [6.07, 6.45) is 22.1. The summed E-state index contributed by atoms with van der Waals surface area (Å²) < 4.78 is 6.35. The first kappa shape index (κ1) is 20.3. The number of hydrogen-bond donors (Lipinski definition) is 0. The van der Waals surface area contributed by atoms with Gasteiger partial charge in [0.15, 0.2) is 11.6 Å². The Morgan fingerprint density at radius 2 is 1.74 bits per heavy atom. The van der Waals surface area contributed by atoms with Crippen LogP contribution in [0.5, 0.6) is 0 Å². The van der Waals surface area contributed by atoms with E-state index in [4.69, 9.17) is 19.4 Å². The molecule has 0 saturated carbocycles. The van der Waals surface area contributed by atoms with E-state index in [1.165, 1.54) is 21.7 Å². The zero-order chi connectivity index (χ0) is 23.2. The maximum absolute atomic E-state index is 6.35. The Balaban J connectivity index is 1.34. The van der Waals surface area contributed by atoms with Crippen LogP contribution in [0, 0.1) is 0 Å². The summed E-state index contributed by atoms with van der Waals surface area (Å²) in [6.45, 7) is 0. The predicted molar refractivity (Wildman–Crippen MR) is 142 cm³/mol. The number of hydrogen-bond acceptors (Lipinski definition) is 4. The fraction of sp³-hybridized carbons (Fsp3) is 0.194. The van der Waals surface area contributed by atoms with Gasteiger partial charge in [-0.2, -0.15) is 0 Å². The van der Waals surface area contributed by atoms with E-state index in [1.807, 2.05) is 0 Å². The third kappa shape index (κ3) is 3.66. The number of nitrogens with zero attached hydrogens (tertiary/aromatic N) is 3. The van der Waals surface area contributed by atoms with Gasteiger partial charge in [0.2, 0.25) is 0 Å². The number of allylic oxidation sites excluding steroid dienone is 9. The Hall–Kier alpha value is -4.05. The molecule has 0 radical (unpaired) electrons. The molecule has 2 heterocycles. The second-order valence-corrected chi connectivity index (χ2v) is 9.45. The summed E-state index contributed by atoms with van der Waals surface area (Å²) in [4.78, 5) is 14.8. The Labute approximate surface area is 204 Å². The van der Waals surface area contributed by atoms with Crippen LogP contribution in [0.25, 0.3) is 39.0 Å². The summed E-state index contributed by atoms with van der Waals surface area (Å²) in [5.41, 5.74) is 4.42. The molecule has 3 aliphatic rings. The van der Waals surface area contributed by atoms with Crippen LogP contribution in [0.15, 0.2) is 83.3 Å². The molecule has 7 rings (SSSR count). The minimum Gasteiger partial charge on any atom is -0.456 e. The average molecular weight is 456 g/mol. The summed E-state index contributed by atoms with van der Waals surface area (Å²) in [5.74, 6) is 3.48. The van der Waals surface area contributed by atoms with Crippen molar-refractivity contribution in [2.45, 2.75) is 38.0 Å². The highest BCUT2D eigenvalue weighted by Gasteiger charge is 2.23. The lowest BCUT2D eigenvalue weighted by molar-refractivity contribution is 0.596. The summed E-state index contributed by atoms with van der Waals surface area (Å²) in [5, 5.41) is 3.65. The van der Waals surface area contributed by atoms with Gasteiger partial charge >= 0.3 is 0 Å². The number of fused-ring (bicyclic) bond motifs is 4. The van der Waals surface area contributed by atoms with Gasteiger partial charge in [0.05, 0.1) is 0 Å². The van der Waals surface area contributed by atoms with Gasteiger partial charge in [-0.3, -0.25) is 0 Å². The first-order valence-electron chi connectivity index (χ1n) is 12.4. The number of furan rings is 1. The molecule has 170 valence electrons. The molecule has 1 atom stereocenters. The molecule has 2 aromatic carbocycles. The summed E-state index contributed by atoms with van der Waals surface area (Å²) in [6, 6.07) is 12.9. The van der Waals surface area contributed by atoms with Crippen molar-refractivity contribution < 1.29 is 4.42 Å². The van der Waals surface area contributed by atoms with E-state index in [0.29, 0.717) is 0 Å². The predicted octanol–water partition coefficient (Wildman–Crippen LogP) is 7.59. The molecule has 0 spiro atoms. The Morgan fingerprint density at radius 3 is 2.57 bits per heavy atom. The molecule has 0 bridgehead atoms. The first-order chi connectivity index (χ1) is 17.3. The van der Waals surface area contributed by atoms with Crippen molar-refractivity contribution in [2.75, 3.05) is 0 Å². The molecule has 0 fully saturated rings. The van der Waals surface area contributed by atoms with E-state index in [1.54, 1.807) is 0 Å². The topological polar surface area (TPSA) is 51.8 Å². The number of aromatic nitrogens is 3. The van der Waals surface area contributed by atoms with Crippen LogP contribution in [-0.4, -0.2) is 15.0 Å². The lowest BCUT2D eigenvalue weighted by Gasteiger charge is -2.17. The highest BCUT2D eigenvalue weighted by molar-refractivity contribution is 6.00. The van der Waals surface area contributed by atoms with Gasteiger partial charge in [0.1, 0.15) is 17.2 Å². The molecular formula is C31H25N3O. The van der Waals surface area contributed by atoms with Crippen molar-refractivity contribution in [1.29, 1.82) is 0 Å². The lowest BCUT2D eigenvalue weighted by atomic mass is 9.94. The standard InChI is InChI=1S/C31H25N3O/c1-3-9-20(10-4-1)29-32-30(21-11-5-2-6-12-21)34-31(33-29)24-15-16-25-26-17-22-13-7-8-14-23(22)18-28(26)35-27(25)19-24/h1,3-5,7-9,11-14,17-20H,2,6,10,15-16H2. The zero-order valence-corrected chi connectivity index (χ0v) is 19.4. The van der Waals surface area contributed by atoms with Gasteiger partial charge < -0.3 is 4.42 Å². The molecule has 1 unspecified atom stereocenters. The molecule has 35 heavy (non-hydrogen) atoms. The van der Waals surface area contributed by atoms with Crippen LogP contribution in [0.3, 0.4) is 0 Å². The zero-order valence-electron chi connectivity index (χ0n) is 19.4. The van der Waals surface area contributed by atoms with E-state index in [0.717, 1.165) is 72.1 Å². The molecule has 3 aliphatic carbocycles. The van der Waals surface area contributed by atoms with Crippen LogP contribution in [0.2, 0.25) is 0 Å². The molecule has 0 saturated heterocycles. The quantitative estimate of drug-likeness (QED) is 0.319. The molecular weight excluding hydrogens is 430 g/mol. The molecule has 2 aromatic heterocycles. The van der Waals surface area contributed by atoms with E-state index >= 15 is 0 Å². The fourth-order valence-corrected chi connectivity index (χ4v) is 5.28. The van der Waals surface area contributed by atoms with Crippen LogP contribution < -0.4 is 0 Å². The molecule has 0 aliphatic heterocycles. The molecule has 4 nitrogen and oxygen atoms in total. The van der Waals surface area contributed by atoms with Gasteiger partial charge in [-0.05, 0) is 61.1 Å². The van der Waals surface area contributed by atoms with Crippen LogP contribution in [-0.2, 0) is 6.42 Å². The fourth-order valence-electron chi connectivity index (χ4n) is 5.28. The third-order valence-electron chi connectivity index (χ3n) is 7.15. The van der Waals surface area contributed by atoms with Gasteiger partial charge in [0.25, 0.3) is 0 Å². The first-order valence-corrected chi connectivity index (χ1v) is 12.4. The second kappa shape index (κ2) is 8.31. The normalized spacial score (nSPS) is 19.1. The minimum absolute atomic E-state index is 0.173. The SMILES string of the molecule is C1=CCC(c2nc(C3=CCCC=C3)nc(C3=Cc4oc5cc6ccccc6cc5c4CC3)n2)C=C1. The number of aryl methyl sites for hydroxylation is 1. The Morgan fingerprint density at radius 1 is 0.857 bits per heavy atom. The maximum Gasteiger partial charge on any atom is 0.163 e. The van der Waals surface area contributed by atoms with Crippen molar-refractivity contribution in [3.63, 3.8) is 0 Å². The number of rotatable bonds is 3. The van der Waals surface area contributed by atoms with Gasteiger partial charge in [-0.25, -0.2) is 15.0 Å². The van der Waals surface area contributed by atoms with Crippen molar-refractivity contribution >= 4 is 39.0 Å². The average Bonchev–Trinajstić information content (AvgIpc) is 3.29. The maximum atomic E-state index is 6.35. The Bertz CT molecular complexity index is 1630. The monoisotopic (exact) mass is 455 g/mol. The highest BCUT2D eigenvalue weighted by Crippen LogP contribution is 2.38. The van der Waals surface area contributed by atoms with Crippen molar-refractivity contribution in [3.8, 4) is 0 Å². The van der Waals surface area contributed by atoms with Gasteiger partial charge in [-0.1, -0.05) is 66.8 Å². The second-order valence-electron chi connectivity index (χ2n) is 9.45. The van der Waals surface area contributed by atoms with Crippen LogP contribution >= 0.6 is 0 Å². The lowest BCUT2D eigenvalue weighted by Crippen LogP contribution is -2.12. The van der Waals surface area contributed by atoms with Crippen LogP contribution in [0.1, 0.15) is 60.4 Å². The largest absolute Gasteiger partial charge is 0.456 e. The molecule has 4 heteroatoms. The van der Waals surface area contributed by atoms with Crippen molar-refractivity contribution in [2.24, 2.45) is 0 Å². The van der Waals surface area contributed by atoms with Crippen molar-refractivity contribution in [3.05, 3.63) is 108 Å². The smallest absolute Gasteiger partial charge is 0.163 e. The third-order valence-corrected chi connectivity index (χ3v) is 7.15. The number of benzene rings is 2. The minimum atomic E-state index is 0.173. The van der Waals surface area contributed by atoms with Crippen molar-refractivity contribution in [1.82, 2.24) is 15.0 Å². The highest BCUT2D eigenvalue weighted by atomic mass is 16.3. The molecule has 4 aromatic rings. The van der Waals surface area contributed by atoms with E-state index < -0.39 is 0 Å². The molecule has 0 amide bonds. The van der Waals surface area contributed by atoms with Crippen LogP contribution in [0.4, 0.5) is 0 Å². The van der Waals surface area contributed by atoms with Gasteiger partial charge in [0, 0.05) is 28.0 Å². The summed E-state index contributed by atoms with van der Waals surface area (Å²) in [7, 11) is 0. The Kier molecular flexibility index (Phi) is 4.83. The van der Waals surface area contributed by atoms with E-state index in [9.17, 15) is 0 Å². The van der Waals surface area contributed by atoms with E-state index in [2.05, 4.69) is 85.0 Å². The molecule has 0 N–H and O–H groups in total. The summed E-state index contributed by atoms with van der Waals surface area (Å²) >= 11 is 0. The van der Waals surface area contributed by atoms with E-state index in [-0.39, 0.29) is 5.92 Å². The van der Waals surface area contributed by atoms with Gasteiger partial charge in [-0.15, -0.1) is 0 Å².